The van der Waals surface area contributed by atoms with Gasteiger partial charge in [0.15, 0.2) is 0 Å². The van der Waals surface area contributed by atoms with Crippen LogP contribution in [0.4, 0.5) is 0 Å². The summed E-state index contributed by atoms with van der Waals surface area (Å²) in [6, 6.07) is 1.67. The number of piperidine rings is 1. The number of nitrogens with zero attached hydrogens (tertiary/aromatic N) is 1. The Morgan fingerprint density at radius 3 is 2.35 bits per heavy atom. The Morgan fingerprint density at radius 2 is 1.76 bits per heavy atom. The fourth-order valence-electron chi connectivity index (χ4n) is 3.70. The fraction of sp³-hybridized carbons (Fsp3) is 1.00. The first-order valence-corrected chi connectivity index (χ1v) is 7.78. The third kappa shape index (κ3) is 3.69. The molecule has 1 saturated heterocycles. The van der Waals surface area contributed by atoms with E-state index in [2.05, 4.69) is 24.1 Å². The van der Waals surface area contributed by atoms with E-state index in [4.69, 9.17) is 0 Å². The molecule has 0 aromatic carbocycles. The maximum atomic E-state index is 3.64. The Balaban J connectivity index is 1.82. The summed E-state index contributed by atoms with van der Waals surface area (Å²) in [5.41, 5.74) is 0. The van der Waals surface area contributed by atoms with Crippen LogP contribution < -0.4 is 5.32 Å². The zero-order valence-electron chi connectivity index (χ0n) is 11.8. The van der Waals surface area contributed by atoms with E-state index in [9.17, 15) is 0 Å². The lowest BCUT2D eigenvalue weighted by molar-refractivity contribution is 0.0959. The second kappa shape index (κ2) is 6.75. The molecule has 0 spiro atoms. The monoisotopic (exact) mass is 238 g/mol. The van der Waals surface area contributed by atoms with Gasteiger partial charge in [-0.1, -0.05) is 39.5 Å². The second-order valence-corrected chi connectivity index (χ2v) is 6.07. The summed E-state index contributed by atoms with van der Waals surface area (Å²) in [6.07, 6.45) is 10.1. The Labute approximate surface area is 107 Å². The van der Waals surface area contributed by atoms with Gasteiger partial charge in [-0.05, 0) is 38.3 Å². The Hall–Kier alpha value is -0.0800. The minimum Gasteiger partial charge on any atom is -0.314 e. The van der Waals surface area contributed by atoms with Gasteiger partial charge in [0.05, 0.1) is 0 Å². The molecule has 0 amide bonds. The molecular weight excluding hydrogens is 208 g/mol. The summed E-state index contributed by atoms with van der Waals surface area (Å²) in [6.45, 7) is 8.42. The molecule has 2 rings (SSSR count). The Morgan fingerprint density at radius 1 is 1.06 bits per heavy atom. The molecule has 2 unspecified atom stereocenters. The van der Waals surface area contributed by atoms with Gasteiger partial charge in [-0.3, -0.25) is 0 Å². The molecule has 2 heteroatoms. The van der Waals surface area contributed by atoms with Crippen molar-refractivity contribution in [3.05, 3.63) is 0 Å². The molecule has 1 aliphatic carbocycles. The van der Waals surface area contributed by atoms with Gasteiger partial charge in [0.2, 0.25) is 0 Å². The highest BCUT2D eigenvalue weighted by atomic mass is 15.2. The van der Waals surface area contributed by atoms with Gasteiger partial charge in [-0.25, -0.2) is 0 Å². The van der Waals surface area contributed by atoms with Crippen molar-refractivity contribution in [3.8, 4) is 0 Å². The Kier molecular flexibility index (Phi) is 5.30. The lowest BCUT2D eigenvalue weighted by atomic mass is 9.91. The zero-order valence-corrected chi connectivity index (χ0v) is 11.8. The van der Waals surface area contributed by atoms with Gasteiger partial charge in [0.25, 0.3) is 0 Å². The zero-order chi connectivity index (χ0) is 12.1. The van der Waals surface area contributed by atoms with E-state index in [-0.39, 0.29) is 0 Å². The van der Waals surface area contributed by atoms with Crippen LogP contribution in [0.1, 0.15) is 58.8 Å². The molecule has 1 aliphatic heterocycles. The van der Waals surface area contributed by atoms with E-state index >= 15 is 0 Å². The number of nitrogens with one attached hydrogen (secondary N) is 1. The molecule has 0 radical (unpaired) electrons. The standard InChI is InChI=1S/C15H30N2/c1-3-16-15-10-11-17(12-13(15)2)14-8-6-4-5-7-9-14/h13-16H,3-12H2,1-2H3. The van der Waals surface area contributed by atoms with Crippen LogP contribution in [-0.2, 0) is 0 Å². The largest absolute Gasteiger partial charge is 0.314 e. The molecular formula is C15H30N2. The fourth-order valence-corrected chi connectivity index (χ4v) is 3.70. The van der Waals surface area contributed by atoms with E-state index in [0.717, 1.165) is 24.5 Å². The molecule has 0 bridgehead atoms. The average molecular weight is 238 g/mol. The van der Waals surface area contributed by atoms with Crippen molar-refractivity contribution in [3.63, 3.8) is 0 Å². The van der Waals surface area contributed by atoms with Gasteiger partial charge in [-0.2, -0.15) is 0 Å². The smallest absolute Gasteiger partial charge is 0.0117 e. The van der Waals surface area contributed by atoms with Crippen LogP contribution in [-0.4, -0.2) is 36.6 Å². The molecule has 1 saturated carbocycles. The molecule has 2 fully saturated rings. The van der Waals surface area contributed by atoms with Gasteiger partial charge in [0.1, 0.15) is 0 Å². The third-order valence-corrected chi connectivity index (χ3v) is 4.74. The quantitative estimate of drug-likeness (QED) is 0.760. The van der Waals surface area contributed by atoms with Crippen molar-refractivity contribution >= 4 is 0 Å². The van der Waals surface area contributed by atoms with E-state index in [0.29, 0.717) is 0 Å². The molecule has 17 heavy (non-hydrogen) atoms. The van der Waals surface area contributed by atoms with Crippen LogP contribution in [0.25, 0.3) is 0 Å². The Bertz CT molecular complexity index is 209. The van der Waals surface area contributed by atoms with Crippen molar-refractivity contribution in [1.82, 2.24) is 10.2 Å². The highest BCUT2D eigenvalue weighted by Gasteiger charge is 2.29. The molecule has 1 heterocycles. The SMILES string of the molecule is CCNC1CCN(C2CCCCCC2)CC1C. The molecule has 0 aromatic heterocycles. The maximum Gasteiger partial charge on any atom is 0.0117 e. The van der Waals surface area contributed by atoms with Gasteiger partial charge >= 0.3 is 0 Å². The number of hydrogen-bond acceptors (Lipinski definition) is 2. The van der Waals surface area contributed by atoms with Crippen LogP contribution in [0.3, 0.4) is 0 Å². The summed E-state index contributed by atoms with van der Waals surface area (Å²) >= 11 is 0. The highest BCUT2D eigenvalue weighted by Crippen LogP contribution is 2.26. The van der Waals surface area contributed by atoms with E-state index in [1.54, 1.807) is 0 Å². The minimum absolute atomic E-state index is 0.766. The first-order chi connectivity index (χ1) is 8.31. The molecule has 100 valence electrons. The molecule has 1 N–H and O–H groups in total. The maximum absolute atomic E-state index is 3.64. The van der Waals surface area contributed by atoms with Crippen molar-refractivity contribution in [2.45, 2.75) is 70.9 Å². The van der Waals surface area contributed by atoms with Crippen LogP contribution in [0.2, 0.25) is 0 Å². The molecule has 2 aliphatic rings. The highest BCUT2D eigenvalue weighted by molar-refractivity contribution is 4.86. The molecule has 2 atom stereocenters. The number of rotatable bonds is 3. The summed E-state index contributed by atoms with van der Waals surface area (Å²) in [7, 11) is 0. The van der Waals surface area contributed by atoms with Gasteiger partial charge in [0, 0.05) is 18.6 Å². The predicted molar refractivity (Wildman–Crippen MR) is 74.3 cm³/mol. The molecule has 0 aromatic rings. The first-order valence-electron chi connectivity index (χ1n) is 7.78. The van der Waals surface area contributed by atoms with E-state index in [1.165, 1.54) is 58.0 Å². The summed E-state index contributed by atoms with van der Waals surface area (Å²) in [4.78, 5) is 2.80. The van der Waals surface area contributed by atoms with Crippen LogP contribution >= 0.6 is 0 Å². The summed E-state index contributed by atoms with van der Waals surface area (Å²) in [5.74, 6) is 0.826. The predicted octanol–water partition coefficient (Wildman–Crippen LogP) is 3.03. The topological polar surface area (TPSA) is 15.3 Å². The second-order valence-electron chi connectivity index (χ2n) is 6.07. The van der Waals surface area contributed by atoms with Crippen molar-refractivity contribution < 1.29 is 0 Å². The third-order valence-electron chi connectivity index (χ3n) is 4.74. The van der Waals surface area contributed by atoms with Crippen molar-refractivity contribution in [2.75, 3.05) is 19.6 Å². The van der Waals surface area contributed by atoms with Crippen molar-refractivity contribution in [1.29, 1.82) is 0 Å². The van der Waals surface area contributed by atoms with Gasteiger partial charge in [-0.15, -0.1) is 0 Å². The molecule has 2 nitrogen and oxygen atoms in total. The number of hydrogen-bond donors (Lipinski definition) is 1. The number of likely N-dealkylation sites (tertiary alicyclic amines) is 1. The van der Waals surface area contributed by atoms with E-state index < -0.39 is 0 Å². The lowest BCUT2D eigenvalue weighted by Crippen LogP contribution is -2.51. The lowest BCUT2D eigenvalue weighted by Gasteiger charge is -2.41. The van der Waals surface area contributed by atoms with Crippen molar-refractivity contribution in [2.24, 2.45) is 5.92 Å². The summed E-state index contributed by atoms with van der Waals surface area (Å²) in [5, 5.41) is 3.64. The summed E-state index contributed by atoms with van der Waals surface area (Å²) < 4.78 is 0. The minimum atomic E-state index is 0.766. The normalized spacial score (nSPS) is 33.5. The van der Waals surface area contributed by atoms with Crippen LogP contribution in [0, 0.1) is 5.92 Å². The first kappa shape index (κ1) is 13.4. The van der Waals surface area contributed by atoms with Crippen LogP contribution in [0.5, 0.6) is 0 Å². The van der Waals surface area contributed by atoms with Crippen LogP contribution in [0.15, 0.2) is 0 Å². The van der Waals surface area contributed by atoms with Gasteiger partial charge < -0.3 is 10.2 Å². The van der Waals surface area contributed by atoms with E-state index in [1.807, 2.05) is 0 Å². The average Bonchev–Trinajstić information content (AvgIpc) is 2.60.